The lowest BCUT2D eigenvalue weighted by molar-refractivity contribution is -0.142. The van der Waals surface area contributed by atoms with Gasteiger partial charge in [-0.05, 0) is 13.8 Å². The molecule has 1 aliphatic rings. The number of methoxy groups -OCH3 is 1. The Hall–Kier alpha value is -1.83. The van der Waals surface area contributed by atoms with Gasteiger partial charge >= 0.3 is 18.0 Å². The van der Waals surface area contributed by atoms with E-state index in [1.54, 1.807) is 9.80 Å². The van der Waals surface area contributed by atoms with Crippen LogP contribution in [0.4, 0.5) is 4.79 Å². The van der Waals surface area contributed by atoms with Crippen molar-refractivity contribution in [2.45, 2.75) is 19.9 Å². The molecule has 1 saturated heterocycles. The lowest BCUT2D eigenvalue weighted by Crippen LogP contribution is -2.55. The number of esters is 1. The first-order valence-corrected chi connectivity index (χ1v) is 6.91. The van der Waals surface area contributed by atoms with Gasteiger partial charge in [-0.1, -0.05) is 0 Å². The highest BCUT2D eigenvalue weighted by molar-refractivity contribution is 5.81. The molecule has 120 valence electrons. The number of aliphatic carboxylic acids is 1. The summed E-state index contributed by atoms with van der Waals surface area (Å²) in [5.74, 6) is -1.33. The maximum atomic E-state index is 12.4. The quantitative estimate of drug-likeness (QED) is 0.701. The third-order valence-corrected chi connectivity index (χ3v) is 3.40. The van der Waals surface area contributed by atoms with E-state index in [9.17, 15) is 14.4 Å². The Bertz CT molecular complexity index is 391. The van der Waals surface area contributed by atoms with Crippen molar-refractivity contribution < 1.29 is 24.2 Å². The van der Waals surface area contributed by atoms with Gasteiger partial charge in [-0.2, -0.15) is 0 Å². The molecule has 2 amide bonds. The second-order valence-corrected chi connectivity index (χ2v) is 5.24. The molecule has 0 radical (unpaired) electrons. The van der Waals surface area contributed by atoms with E-state index in [-0.39, 0.29) is 25.2 Å². The first-order chi connectivity index (χ1) is 9.85. The van der Waals surface area contributed by atoms with Crippen LogP contribution in [0.3, 0.4) is 0 Å². The molecule has 8 nitrogen and oxygen atoms in total. The first kappa shape index (κ1) is 17.2. The van der Waals surface area contributed by atoms with Gasteiger partial charge in [0.1, 0.15) is 6.54 Å². The number of rotatable bonds is 5. The van der Waals surface area contributed by atoms with E-state index in [0.717, 1.165) is 0 Å². The van der Waals surface area contributed by atoms with Gasteiger partial charge < -0.3 is 19.6 Å². The molecule has 0 saturated carbocycles. The summed E-state index contributed by atoms with van der Waals surface area (Å²) in [4.78, 5) is 39.3. The highest BCUT2D eigenvalue weighted by Gasteiger charge is 2.28. The van der Waals surface area contributed by atoms with E-state index in [1.807, 2.05) is 13.8 Å². The van der Waals surface area contributed by atoms with Gasteiger partial charge in [0.15, 0.2) is 0 Å². The topological polar surface area (TPSA) is 90.4 Å². The summed E-state index contributed by atoms with van der Waals surface area (Å²) in [6.45, 7) is 5.51. The van der Waals surface area contributed by atoms with Crippen LogP contribution in [-0.2, 0) is 14.3 Å². The van der Waals surface area contributed by atoms with Gasteiger partial charge in [0.2, 0.25) is 0 Å². The van der Waals surface area contributed by atoms with E-state index < -0.39 is 11.9 Å². The normalized spacial score (nSPS) is 15.9. The fourth-order valence-electron chi connectivity index (χ4n) is 2.14. The summed E-state index contributed by atoms with van der Waals surface area (Å²) < 4.78 is 4.60. The minimum Gasteiger partial charge on any atom is -0.480 e. The molecule has 1 rings (SSSR count). The minimum absolute atomic E-state index is 0.0158. The number of ether oxygens (including phenoxy) is 1. The monoisotopic (exact) mass is 301 g/mol. The van der Waals surface area contributed by atoms with Crippen LogP contribution in [0.15, 0.2) is 0 Å². The zero-order valence-corrected chi connectivity index (χ0v) is 12.7. The van der Waals surface area contributed by atoms with Crippen molar-refractivity contribution in [1.82, 2.24) is 14.7 Å². The Morgan fingerprint density at radius 1 is 1.19 bits per heavy atom. The zero-order valence-electron chi connectivity index (χ0n) is 12.7. The summed E-state index contributed by atoms with van der Waals surface area (Å²) in [5.41, 5.74) is 0. The minimum atomic E-state index is -0.871. The smallest absolute Gasteiger partial charge is 0.325 e. The number of hydrogen-bond acceptors (Lipinski definition) is 5. The Morgan fingerprint density at radius 3 is 2.19 bits per heavy atom. The number of urea groups is 1. The number of carboxylic acids is 1. The Morgan fingerprint density at radius 2 is 1.76 bits per heavy atom. The van der Waals surface area contributed by atoms with Crippen LogP contribution < -0.4 is 0 Å². The van der Waals surface area contributed by atoms with E-state index in [0.29, 0.717) is 26.2 Å². The average molecular weight is 301 g/mol. The van der Waals surface area contributed by atoms with Crippen LogP contribution in [0.25, 0.3) is 0 Å². The molecule has 1 N–H and O–H groups in total. The van der Waals surface area contributed by atoms with Crippen LogP contribution in [0.2, 0.25) is 0 Å². The molecule has 1 heterocycles. The number of carbonyl (C=O) groups excluding carboxylic acids is 2. The molecule has 0 aromatic carbocycles. The van der Waals surface area contributed by atoms with Crippen molar-refractivity contribution >= 4 is 18.0 Å². The number of nitrogens with zero attached hydrogens (tertiary/aromatic N) is 3. The molecule has 0 aromatic heterocycles. The van der Waals surface area contributed by atoms with Crippen molar-refractivity contribution in [3.8, 4) is 0 Å². The number of carboxylic acid groups (broad SMARTS) is 1. The molecule has 21 heavy (non-hydrogen) atoms. The number of piperazine rings is 1. The van der Waals surface area contributed by atoms with Crippen LogP contribution in [0.5, 0.6) is 0 Å². The standard InChI is InChI=1S/C13H23N3O5/c1-10(2)16(9-12(19)21-3)13(20)15-6-4-14(5-7-15)8-11(17)18/h10H,4-9H2,1-3H3,(H,17,18). The van der Waals surface area contributed by atoms with Crippen molar-refractivity contribution in [3.05, 3.63) is 0 Å². The van der Waals surface area contributed by atoms with Crippen LogP contribution >= 0.6 is 0 Å². The average Bonchev–Trinajstić information content (AvgIpc) is 2.43. The fraction of sp³-hybridized carbons (Fsp3) is 0.769. The summed E-state index contributed by atoms with van der Waals surface area (Å²) in [5, 5.41) is 8.75. The van der Waals surface area contributed by atoms with Gasteiger partial charge in [0, 0.05) is 32.2 Å². The molecule has 0 bridgehead atoms. The Balaban J connectivity index is 2.57. The highest BCUT2D eigenvalue weighted by Crippen LogP contribution is 2.09. The fourth-order valence-corrected chi connectivity index (χ4v) is 2.14. The van der Waals surface area contributed by atoms with Crippen molar-refractivity contribution in [1.29, 1.82) is 0 Å². The van der Waals surface area contributed by atoms with Crippen molar-refractivity contribution in [2.24, 2.45) is 0 Å². The lowest BCUT2D eigenvalue weighted by atomic mass is 10.3. The number of hydrogen-bond donors (Lipinski definition) is 1. The van der Waals surface area contributed by atoms with Gasteiger partial charge in [0.25, 0.3) is 0 Å². The van der Waals surface area contributed by atoms with Crippen LogP contribution in [-0.4, -0.2) is 90.2 Å². The third-order valence-electron chi connectivity index (χ3n) is 3.40. The van der Waals surface area contributed by atoms with Crippen molar-refractivity contribution in [2.75, 3.05) is 46.4 Å². The second kappa shape index (κ2) is 7.82. The summed E-state index contributed by atoms with van der Waals surface area (Å²) in [6, 6.07) is -0.334. The van der Waals surface area contributed by atoms with Gasteiger partial charge in [-0.15, -0.1) is 0 Å². The predicted octanol–water partition coefficient (Wildman–Crippen LogP) is -0.308. The lowest BCUT2D eigenvalue weighted by Gasteiger charge is -2.37. The molecule has 0 unspecified atom stereocenters. The molecule has 1 fully saturated rings. The molecule has 1 aliphatic heterocycles. The van der Waals surface area contributed by atoms with Gasteiger partial charge in [-0.3, -0.25) is 14.5 Å². The predicted molar refractivity (Wildman–Crippen MR) is 74.9 cm³/mol. The largest absolute Gasteiger partial charge is 0.480 e. The summed E-state index contributed by atoms with van der Waals surface area (Å²) >= 11 is 0. The van der Waals surface area contributed by atoms with E-state index >= 15 is 0 Å². The summed E-state index contributed by atoms with van der Waals surface area (Å²) in [7, 11) is 1.29. The maximum Gasteiger partial charge on any atom is 0.325 e. The van der Waals surface area contributed by atoms with E-state index in [4.69, 9.17) is 5.11 Å². The Kier molecular flexibility index (Phi) is 6.41. The highest BCUT2D eigenvalue weighted by atomic mass is 16.5. The third kappa shape index (κ3) is 5.22. The number of carbonyl (C=O) groups is 3. The molecular weight excluding hydrogens is 278 g/mol. The molecule has 0 aromatic rings. The van der Waals surface area contributed by atoms with Crippen molar-refractivity contribution in [3.63, 3.8) is 0 Å². The Labute approximate surface area is 124 Å². The summed E-state index contributed by atoms with van der Waals surface area (Å²) in [6.07, 6.45) is 0. The molecule has 0 aliphatic carbocycles. The second-order valence-electron chi connectivity index (χ2n) is 5.24. The zero-order chi connectivity index (χ0) is 16.0. The first-order valence-electron chi connectivity index (χ1n) is 6.91. The molecule has 0 spiro atoms. The van der Waals surface area contributed by atoms with E-state index in [2.05, 4.69) is 4.74 Å². The molecular formula is C13H23N3O5. The van der Waals surface area contributed by atoms with Gasteiger partial charge in [0.05, 0.1) is 13.7 Å². The van der Waals surface area contributed by atoms with Crippen LogP contribution in [0.1, 0.15) is 13.8 Å². The SMILES string of the molecule is COC(=O)CN(C(=O)N1CCN(CC(=O)O)CC1)C(C)C. The number of amides is 2. The molecule has 8 heteroatoms. The van der Waals surface area contributed by atoms with Gasteiger partial charge in [-0.25, -0.2) is 4.79 Å². The molecule has 0 atom stereocenters. The van der Waals surface area contributed by atoms with Crippen LogP contribution in [0, 0.1) is 0 Å². The maximum absolute atomic E-state index is 12.4. The van der Waals surface area contributed by atoms with E-state index in [1.165, 1.54) is 12.0 Å².